The van der Waals surface area contributed by atoms with Gasteiger partial charge in [-0.25, -0.2) is 4.79 Å². The van der Waals surface area contributed by atoms with E-state index in [1.54, 1.807) is 10.9 Å². The first-order valence-electron chi connectivity index (χ1n) is 9.25. The van der Waals surface area contributed by atoms with Gasteiger partial charge in [-0.2, -0.15) is 10.1 Å². The summed E-state index contributed by atoms with van der Waals surface area (Å²) in [6, 6.07) is 13.8. The number of hydrogen-bond acceptors (Lipinski definition) is 7. The van der Waals surface area contributed by atoms with E-state index in [-0.39, 0.29) is 18.4 Å². The van der Waals surface area contributed by atoms with Crippen LogP contribution in [-0.4, -0.2) is 25.9 Å². The Labute approximate surface area is 171 Å². The Balaban J connectivity index is 1.54. The van der Waals surface area contributed by atoms with Crippen molar-refractivity contribution in [2.75, 3.05) is 0 Å². The summed E-state index contributed by atoms with van der Waals surface area (Å²) in [5.41, 5.74) is 2.11. The third kappa shape index (κ3) is 4.43. The van der Waals surface area contributed by atoms with E-state index in [0.717, 1.165) is 10.4 Å². The Morgan fingerprint density at radius 2 is 2.03 bits per heavy atom. The Kier molecular flexibility index (Phi) is 5.53. The lowest BCUT2D eigenvalue weighted by molar-refractivity contribution is 0.0430. The van der Waals surface area contributed by atoms with Gasteiger partial charge in [0.25, 0.3) is 5.89 Å². The highest BCUT2D eigenvalue weighted by atomic mass is 32.1. The molecule has 0 aliphatic rings. The lowest BCUT2D eigenvalue weighted by Crippen LogP contribution is -2.06. The van der Waals surface area contributed by atoms with Gasteiger partial charge in [0.2, 0.25) is 0 Å². The maximum atomic E-state index is 12.8. The average Bonchev–Trinajstić information content (AvgIpc) is 3.47. The molecule has 3 aromatic heterocycles. The van der Waals surface area contributed by atoms with Crippen LogP contribution < -0.4 is 0 Å². The lowest BCUT2D eigenvalue weighted by Gasteiger charge is -2.01. The zero-order valence-electron chi connectivity index (χ0n) is 16.1. The number of carbonyl (C=O) groups excluding carboxylic acids is 1. The second kappa shape index (κ2) is 8.40. The highest BCUT2D eigenvalue weighted by molar-refractivity contribution is 7.13. The molecule has 0 aliphatic heterocycles. The molecule has 3 heterocycles. The molecule has 4 aromatic rings. The predicted molar refractivity (Wildman–Crippen MR) is 109 cm³/mol. The van der Waals surface area contributed by atoms with Crippen LogP contribution in [0.4, 0.5) is 0 Å². The van der Waals surface area contributed by atoms with Gasteiger partial charge in [-0.05, 0) is 17.0 Å². The van der Waals surface area contributed by atoms with Gasteiger partial charge in [0, 0.05) is 12.1 Å². The molecule has 0 N–H and O–H groups in total. The van der Waals surface area contributed by atoms with Crippen molar-refractivity contribution in [3.05, 3.63) is 76.9 Å². The van der Waals surface area contributed by atoms with Crippen molar-refractivity contribution in [2.45, 2.75) is 32.9 Å². The molecule has 0 saturated heterocycles. The minimum atomic E-state index is -0.475. The Hall–Kier alpha value is -3.26. The van der Waals surface area contributed by atoms with Crippen LogP contribution in [0.5, 0.6) is 0 Å². The van der Waals surface area contributed by atoms with E-state index < -0.39 is 5.97 Å². The highest BCUT2D eigenvalue weighted by Gasteiger charge is 2.21. The Morgan fingerprint density at radius 1 is 1.21 bits per heavy atom. The van der Waals surface area contributed by atoms with E-state index in [1.807, 2.05) is 61.7 Å². The number of nitrogens with zero attached hydrogens (tertiary/aromatic N) is 4. The second-order valence-electron chi connectivity index (χ2n) is 6.83. The lowest BCUT2D eigenvalue weighted by atomic mass is 10.2. The van der Waals surface area contributed by atoms with Crippen molar-refractivity contribution in [1.82, 2.24) is 19.9 Å². The molecule has 0 aliphatic carbocycles. The molecule has 0 bridgehead atoms. The monoisotopic (exact) mass is 408 g/mol. The molecule has 0 atom stereocenters. The number of benzene rings is 1. The predicted octanol–water partition coefficient (Wildman–Crippen LogP) is 4.52. The summed E-state index contributed by atoms with van der Waals surface area (Å²) in [5.74, 6) is 0.532. The zero-order chi connectivity index (χ0) is 20.2. The van der Waals surface area contributed by atoms with Gasteiger partial charge in [0.1, 0.15) is 11.3 Å². The highest BCUT2D eigenvalue weighted by Crippen LogP contribution is 2.27. The van der Waals surface area contributed by atoms with Crippen LogP contribution in [0.15, 0.2) is 58.6 Å². The topological polar surface area (TPSA) is 83.0 Å². The third-order valence-electron chi connectivity index (χ3n) is 4.25. The van der Waals surface area contributed by atoms with Gasteiger partial charge in [0.05, 0.1) is 11.4 Å². The van der Waals surface area contributed by atoms with Crippen LogP contribution in [0, 0.1) is 0 Å². The van der Waals surface area contributed by atoms with Gasteiger partial charge >= 0.3 is 5.97 Å². The number of esters is 1. The molecule has 0 unspecified atom stereocenters. The molecule has 29 heavy (non-hydrogen) atoms. The molecule has 148 valence electrons. The second-order valence-corrected chi connectivity index (χ2v) is 7.78. The molecule has 0 amide bonds. The maximum absolute atomic E-state index is 12.8. The Bertz CT molecular complexity index is 1080. The van der Waals surface area contributed by atoms with Crippen molar-refractivity contribution in [2.24, 2.45) is 0 Å². The molecular formula is C21H20N4O3S. The number of thiophene rings is 1. The van der Waals surface area contributed by atoms with Gasteiger partial charge in [-0.15, -0.1) is 11.3 Å². The van der Waals surface area contributed by atoms with E-state index in [9.17, 15) is 4.79 Å². The summed E-state index contributed by atoms with van der Waals surface area (Å²) in [4.78, 5) is 17.9. The van der Waals surface area contributed by atoms with Crippen molar-refractivity contribution in [1.29, 1.82) is 0 Å². The van der Waals surface area contributed by atoms with E-state index in [4.69, 9.17) is 9.26 Å². The standard InChI is InChI=1S/C21H20N4O3S/c1-14(2)20-22-18(28-24-20)13-27-21(26)16-12-25(11-15-7-4-3-5-8-15)23-19(16)17-9-6-10-29-17/h3-10,12,14H,11,13H2,1-2H3. The fourth-order valence-corrected chi connectivity index (χ4v) is 3.51. The first-order chi connectivity index (χ1) is 14.1. The molecule has 0 radical (unpaired) electrons. The maximum Gasteiger partial charge on any atom is 0.342 e. The van der Waals surface area contributed by atoms with Crippen LogP contribution in [0.25, 0.3) is 10.6 Å². The molecule has 7 nitrogen and oxygen atoms in total. The Morgan fingerprint density at radius 3 is 2.72 bits per heavy atom. The van der Waals surface area contributed by atoms with Crippen molar-refractivity contribution in [3.63, 3.8) is 0 Å². The SMILES string of the molecule is CC(C)c1noc(COC(=O)c2cn(Cc3ccccc3)nc2-c2cccs2)n1. The van der Waals surface area contributed by atoms with E-state index >= 15 is 0 Å². The average molecular weight is 408 g/mol. The van der Waals surface area contributed by atoms with Crippen molar-refractivity contribution < 1.29 is 14.1 Å². The summed E-state index contributed by atoms with van der Waals surface area (Å²) in [6.07, 6.45) is 1.72. The molecule has 0 fully saturated rings. The van der Waals surface area contributed by atoms with Crippen LogP contribution in [0.1, 0.15) is 47.4 Å². The smallest absolute Gasteiger partial charge is 0.342 e. The number of hydrogen-bond donors (Lipinski definition) is 0. The van der Waals surface area contributed by atoms with E-state index in [2.05, 4.69) is 15.2 Å². The number of ether oxygens (including phenoxy) is 1. The van der Waals surface area contributed by atoms with Crippen molar-refractivity contribution in [3.8, 4) is 10.6 Å². The van der Waals surface area contributed by atoms with Crippen LogP contribution >= 0.6 is 11.3 Å². The minimum Gasteiger partial charge on any atom is -0.452 e. The summed E-state index contributed by atoms with van der Waals surface area (Å²) >= 11 is 1.52. The molecule has 0 spiro atoms. The van der Waals surface area contributed by atoms with Gasteiger partial charge < -0.3 is 9.26 Å². The van der Waals surface area contributed by atoms with Crippen LogP contribution in [0.2, 0.25) is 0 Å². The number of aromatic nitrogens is 4. The van der Waals surface area contributed by atoms with Crippen molar-refractivity contribution >= 4 is 17.3 Å². The van der Waals surface area contributed by atoms with Gasteiger partial charge in [0.15, 0.2) is 12.4 Å². The fraction of sp³-hybridized carbons (Fsp3) is 0.238. The molecular weight excluding hydrogens is 388 g/mol. The van der Waals surface area contributed by atoms with E-state index in [0.29, 0.717) is 23.6 Å². The quantitative estimate of drug-likeness (QED) is 0.418. The number of rotatable bonds is 7. The van der Waals surface area contributed by atoms with Gasteiger partial charge in [-0.1, -0.05) is 55.4 Å². The zero-order valence-corrected chi connectivity index (χ0v) is 16.9. The van der Waals surface area contributed by atoms with E-state index in [1.165, 1.54) is 11.3 Å². The van der Waals surface area contributed by atoms with Crippen LogP contribution in [0.3, 0.4) is 0 Å². The summed E-state index contributed by atoms with van der Waals surface area (Å²) in [5, 5.41) is 10.5. The van der Waals surface area contributed by atoms with Crippen LogP contribution in [-0.2, 0) is 17.9 Å². The third-order valence-corrected chi connectivity index (χ3v) is 5.13. The first kappa shape index (κ1) is 19.1. The largest absolute Gasteiger partial charge is 0.452 e. The number of carbonyl (C=O) groups is 1. The minimum absolute atomic E-state index is 0.0771. The molecule has 4 rings (SSSR count). The van der Waals surface area contributed by atoms with Gasteiger partial charge in [-0.3, -0.25) is 4.68 Å². The molecule has 0 saturated carbocycles. The summed E-state index contributed by atoms with van der Waals surface area (Å²) < 4.78 is 12.3. The normalized spacial score (nSPS) is 11.1. The first-order valence-corrected chi connectivity index (χ1v) is 10.1. The molecule has 8 heteroatoms. The fourth-order valence-electron chi connectivity index (χ4n) is 2.78. The molecule has 1 aromatic carbocycles. The summed E-state index contributed by atoms with van der Waals surface area (Å²) in [6.45, 7) is 4.42. The summed E-state index contributed by atoms with van der Waals surface area (Å²) in [7, 11) is 0.